The lowest BCUT2D eigenvalue weighted by Crippen LogP contribution is -2.04. The zero-order valence-electron chi connectivity index (χ0n) is 8.25. The number of hydrogen-bond donors (Lipinski definition) is 1. The summed E-state index contributed by atoms with van der Waals surface area (Å²) in [5.74, 6) is -1.19. The van der Waals surface area contributed by atoms with E-state index in [9.17, 15) is 9.59 Å². The second-order valence-electron chi connectivity index (χ2n) is 2.97. The molecule has 76 valence electrons. The maximum Gasteiger partial charge on any atom is 0.303 e. The van der Waals surface area contributed by atoms with Gasteiger partial charge in [-0.05, 0) is 13.0 Å². The van der Waals surface area contributed by atoms with Gasteiger partial charge in [-0.3, -0.25) is 9.59 Å². The fourth-order valence-electron chi connectivity index (χ4n) is 0.884. The number of carboxylic acid groups (broad SMARTS) is 1. The highest BCUT2D eigenvalue weighted by molar-refractivity contribution is 5.99. The molecule has 0 aromatic carbocycles. The molecule has 0 rings (SSSR count). The smallest absolute Gasteiger partial charge is 0.303 e. The van der Waals surface area contributed by atoms with Crippen LogP contribution in [0, 0.1) is 0 Å². The topological polar surface area (TPSA) is 54.4 Å². The third-order valence-electron chi connectivity index (χ3n) is 1.51. The monoisotopic (exact) mass is 194 g/mol. The van der Waals surface area contributed by atoms with E-state index in [1.54, 1.807) is 13.0 Å². The number of aliphatic carboxylic acids is 1. The maximum atomic E-state index is 11.4. The van der Waals surface area contributed by atoms with E-state index in [0.29, 0.717) is 5.57 Å². The van der Waals surface area contributed by atoms with Crippen LogP contribution in [0.2, 0.25) is 0 Å². The van der Waals surface area contributed by atoms with Crippen LogP contribution < -0.4 is 0 Å². The molecule has 0 aromatic rings. The highest BCUT2D eigenvalue weighted by Crippen LogP contribution is 2.07. The molecule has 1 N–H and O–H groups in total. The standard InChI is InChI=1S/C11H14O3/c1-4-9(7-8(2)3)10(12)5-6-11(13)14/h4,7H,1-2,5-6H2,3H3,(H,13,14)/b9-7+. The van der Waals surface area contributed by atoms with E-state index in [4.69, 9.17) is 5.11 Å². The van der Waals surface area contributed by atoms with Gasteiger partial charge in [-0.25, -0.2) is 0 Å². The first-order valence-electron chi connectivity index (χ1n) is 4.22. The van der Waals surface area contributed by atoms with E-state index in [-0.39, 0.29) is 18.6 Å². The van der Waals surface area contributed by atoms with E-state index in [1.807, 2.05) is 0 Å². The van der Waals surface area contributed by atoms with Gasteiger partial charge in [0.15, 0.2) is 5.78 Å². The van der Waals surface area contributed by atoms with Gasteiger partial charge in [0.2, 0.25) is 0 Å². The number of ketones is 1. The van der Waals surface area contributed by atoms with Crippen LogP contribution in [0.1, 0.15) is 19.8 Å². The highest BCUT2D eigenvalue weighted by Gasteiger charge is 2.08. The molecule has 14 heavy (non-hydrogen) atoms. The normalized spacial score (nSPS) is 10.8. The lowest BCUT2D eigenvalue weighted by atomic mass is 10.0. The number of allylic oxidation sites excluding steroid dienone is 4. The summed E-state index contributed by atoms with van der Waals surface area (Å²) in [5.41, 5.74) is 1.15. The van der Waals surface area contributed by atoms with Crippen LogP contribution in [0.15, 0.2) is 36.5 Å². The number of carboxylic acids is 1. The molecule has 0 unspecified atom stereocenters. The predicted octanol–water partition coefficient (Wildman–Crippen LogP) is 2.11. The van der Waals surface area contributed by atoms with Crippen LogP contribution in [-0.4, -0.2) is 16.9 Å². The van der Waals surface area contributed by atoms with Crippen LogP contribution in [0.3, 0.4) is 0 Å². The Morgan fingerprint density at radius 3 is 2.29 bits per heavy atom. The first kappa shape index (κ1) is 12.4. The second-order valence-corrected chi connectivity index (χ2v) is 2.97. The van der Waals surface area contributed by atoms with Crippen LogP contribution in [-0.2, 0) is 9.59 Å². The van der Waals surface area contributed by atoms with Crippen molar-refractivity contribution in [3.05, 3.63) is 36.5 Å². The van der Waals surface area contributed by atoms with Crippen molar-refractivity contribution in [2.24, 2.45) is 0 Å². The second kappa shape index (κ2) is 5.91. The largest absolute Gasteiger partial charge is 0.481 e. The van der Waals surface area contributed by atoms with Gasteiger partial charge in [-0.15, -0.1) is 0 Å². The summed E-state index contributed by atoms with van der Waals surface area (Å²) in [6.45, 7) is 8.87. The van der Waals surface area contributed by atoms with Crippen LogP contribution in [0.5, 0.6) is 0 Å². The van der Waals surface area contributed by atoms with Crippen molar-refractivity contribution in [3.63, 3.8) is 0 Å². The molecular formula is C11H14O3. The van der Waals surface area contributed by atoms with Crippen molar-refractivity contribution in [2.75, 3.05) is 0 Å². The molecular weight excluding hydrogens is 180 g/mol. The van der Waals surface area contributed by atoms with E-state index in [2.05, 4.69) is 13.2 Å². The first-order valence-corrected chi connectivity index (χ1v) is 4.22. The van der Waals surface area contributed by atoms with Crippen LogP contribution >= 0.6 is 0 Å². The van der Waals surface area contributed by atoms with Crippen molar-refractivity contribution in [2.45, 2.75) is 19.8 Å². The fourth-order valence-corrected chi connectivity index (χ4v) is 0.884. The number of carbonyl (C=O) groups excluding carboxylic acids is 1. The minimum absolute atomic E-state index is 0.000463. The Morgan fingerprint density at radius 1 is 1.36 bits per heavy atom. The summed E-state index contributed by atoms with van der Waals surface area (Å²) >= 11 is 0. The fraction of sp³-hybridized carbons (Fsp3) is 0.273. The Hall–Kier alpha value is -1.64. The Morgan fingerprint density at radius 2 is 1.93 bits per heavy atom. The molecule has 0 bridgehead atoms. The number of rotatable bonds is 6. The van der Waals surface area contributed by atoms with Gasteiger partial charge in [0.1, 0.15) is 0 Å². The average molecular weight is 194 g/mol. The van der Waals surface area contributed by atoms with Crippen molar-refractivity contribution in [1.82, 2.24) is 0 Å². The summed E-state index contributed by atoms with van der Waals surface area (Å²) in [6, 6.07) is 0. The number of carbonyl (C=O) groups is 2. The Kier molecular flexibility index (Phi) is 5.22. The van der Waals surface area contributed by atoms with E-state index in [1.165, 1.54) is 6.08 Å². The molecule has 0 aromatic heterocycles. The van der Waals surface area contributed by atoms with Gasteiger partial charge < -0.3 is 5.11 Å². The Balaban J connectivity index is 4.40. The van der Waals surface area contributed by atoms with E-state index >= 15 is 0 Å². The molecule has 0 fully saturated rings. The molecule has 0 heterocycles. The minimum Gasteiger partial charge on any atom is -0.481 e. The first-order chi connectivity index (χ1) is 6.47. The van der Waals surface area contributed by atoms with Crippen LogP contribution in [0.4, 0.5) is 0 Å². The van der Waals surface area contributed by atoms with Gasteiger partial charge in [-0.2, -0.15) is 0 Å². The molecule has 0 spiro atoms. The third-order valence-corrected chi connectivity index (χ3v) is 1.51. The third kappa shape index (κ3) is 5.09. The summed E-state index contributed by atoms with van der Waals surface area (Å²) in [5, 5.41) is 8.38. The quantitative estimate of drug-likeness (QED) is 0.520. The van der Waals surface area contributed by atoms with Crippen molar-refractivity contribution < 1.29 is 14.7 Å². The molecule has 0 amide bonds. The molecule has 3 heteroatoms. The van der Waals surface area contributed by atoms with Gasteiger partial charge in [0.25, 0.3) is 0 Å². The lowest BCUT2D eigenvalue weighted by molar-refractivity contribution is -0.138. The Labute approximate surface area is 83.4 Å². The molecule has 0 radical (unpaired) electrons. The number of hydrogen-bond acceptors (Lipinski definition) is 2. The van der Waals surface area contributed by atoms with E-state index < -0.39 is 5.97 Å². The summed E-state index contributed by atoms with van der Waals surface area (Å²) < 4.78 is 0. The molecule has 3 nitrogen and oxygen atoms in total. The minimum atomic E-state index is -0.975. The lowest BCUT2D eigenvalue weighted by Gasteiger charge is -1.99. The highest BCUT2D eigenvalue weighted by atomic mass is 16.4. The predicted molar refractivity (Wildman–Crippen MR) is 55.0 cm³/mol. The molecule has 0 saturated carbocycles. The zero-order chi connectivity index (χ0) is 11.1. The van der Waals surface area contributed by atoms with Crippen molar-refractivity contribution >= 4 is 11.8 Å². The van der Waals surface area contributed by atoms with Crippen molar-refractivity contribution in [3.8, 4) is 0 Å². The molecule has 0 saturated heterocycles. The summed E-state index contributed by atoms with van der Waals surface area (Å²) in [6.07, 6.45) is 2.86. The molecule has 0 aliphatic carbocycles. The molecule has 0 aliphatic heterocycles. The van der Waals surface area contributed by atoms with Gasteiger partial charge in [0.05, 0.1) is 6.42 Å². The zero-order valence-corrected chi connectivity index (χ0v) is 8.25. The van der Waals surface area contributed by atoms with Crippen molar-refractivity contribution in [1.29, 1.82) is 0 Å². The SMILES string of the molecule is C=C/C(=C\C(=C)C)C(=O)CCC(=O)O. The molecule has 0 atom stereocenters. The van der Waals surface area contributed by atoms with E-state index in [0.717, 1.165) is 5.57 Å². The van der Waals surface area contributed by atoms with Crippen LogP contribution in [0.25, 0.3) is 0 Å². The van der Waals surface area contributed by atoms with Gasteiger partial charge >= 0.3 is 5.97 Å². The molecule has 0 aliphatic rings. The van der Waals surface area contributed by atoms with Gasteiger partial charge in [0, 0.05) is 12.0 Å². The van der Waals surface area contributed by atoms with Gasteiger partial charge in [-0.1, -0.05) is 24.8 Å². The number of Topliss-reactive ketones (excluding diaryl/α,β-unsaturated/α-hetero) is 1. The summed E-state index contributed by atoms with van der Waals surface area (Å²) in [4.78, 5) is 21.6. The average Bonchev–Trinajstić information content (AvgIpc) is 2.09. The maximum absolute atomic E-state index is 11.4. The Bertz CT molecular complexity index is 298. The summed E-state index contributed by atoms with van der Waals surface area (Å²) in [7, 11) is 0.